The molecule has 4 heterocycles. The number of aromatic nitrogens is 3. The molecule has 0 bridgehead atoms. The van der Waals surface area contributed by atoms with Gasteiger partial charge in [0, 0.05) is 49.6 Å². The van der Waals surface area contributed by atoms with Crippen LogP contribution in [0.1, 0.15) is 32.9 Å². The number of hydrogen-bond acceptors (Lipinski definition) is 5. The molecule has 9 heteroatoms. The van der Waals surface area contributed by atoms with Crippen LogP contribution in [-0.2, 0) is 27.3 Å². The van der Waals surface area contributed by atoms with Gasteiger partial charge in [0.1, 0.15) is 5.82 Å². The normalized spacial score (nSPS) is 20.1. The fourth-order valence-electron chi connectivity index (χ4n) is 4.12. The second kappa shape index (κ2) is 8.00. The molecule has 0 unspecified atom stereocenters. The molecule has 30 heavy (non-hydrogen) atoms. The fourth-order valence-corrected chi connectivity index (χ4v) is 4.32. The van der Waals surface area contributed by atoms with Crippen molar-refractivity contribution >= 4 is 29.2 Å². The lowest BCUT2D eigenvalue weighted by molar-refractivity contribution is -0.138. The molecule has 8 nitrogen and oxygen atoms in total. The molecule has 2 aromatic rings. The lowest BCUT2D eigenvalue weighted by Crippen LogP contribution is -2.45. The Morgan fingerprint density at radius 1 is 1.33 bits per heavy atom. The van der Waals surface area contributed by atoms with Gasteiger partial charge in [0.05, 0.1) is 30.4 Å². The van der Waals surface area contributed by atoms with E-state index in [9.17, 15) is 9.59 Å². The monoisotopic (exact) mass is 431 g/mol. The third-order valence-electron chi connectivity index (χ3n) is 5.58. The molecular weight excluding hydrogens is 406 g/mol. The standard InChI is InChI=1S/C21H26ClN5O3/c1-13(28)26-4-5-30-14(11-26)6-20(29)25-19-7-15(17(22)10-23-19)16-9-24-27-12-21(2,3)8-18(16)27/h7,9-10,14H,4-6,8,11-12H2,1-3H3,(H,23,25,29)/t14-/m0/s1. The molecule has 4 rings (SSSR count). The van der Waals surface area contributed by atoms with E-state index in [0.29, 0.717) is 30.5 Å². The number of carbonyl (C=O) groups is 2. The highest BCUT2D eigenvalue weighted by molar-refractivity contribution is 6.33. The summed E-state index contributed by atoms with van der Waals surface area (Å²) in [5, 5.41) is 7.84. The van der Waals surface area contributed by atoms with E-state index in [0.717, 1.165) is 29.8 Å². The van der Waals surface area contributed by atoms with Gasteiger partial charge in [0.25, 0.3) is 0 Å². The molecule has 1 saturated heterocycles. The van der Waals surface area contributed by atoms with Crippen LogP contribution in [0, 0.1) is 5.41 Å². The Hall–Kier alpha value is -2.45. The number of rotatable bonds is 4. The van der Waals surface area contributed by atoms with E-state index in [-0.39, 0.29) is 29.8 Å². The van der Waals surface area contributed by atoms with Crippen molar-refractivity contribution in [3.63, 3.8) is 0 Å². The van der Waals surface area contributed by atoms with Crippen LogP contribution in [-0.4, -0.2) is 57.3 Å². The highest BCUT2D eigenvalue weighted by Crippen LogP contribution is 2.39. The van der Waals surface area contributed by atoms with Crippen LogP contribution in [0.5, 0.6) is 0 Å². The number of fused-ring (bicyclic) bond motifs is 1. The highest BCUT2D eigenvalue weighted by atomic mass is 35.5. The number of ether oxygens (including phenoxy) is 1. The van der Waals surface area contributed by atoms with Crippen LogP contribution in [0.4, 0.5) is 5.82 Å². The van der Waals surface area contributed by atoms with Gasteiger partial charge in [0.2, 0.25) is 11.8 Å². The van der Waals surface area contributed by atoms with E-state index in [1.165, 1.54) is 6.92 Å². The number of halogens is 1. The van der Waals surface area contributed by atoms with Crippen molar-refractivity contribution in [1.29, 1.82) is 0 Å². The number of nitrogens with zero attached hydrogens (tertiary/aromatic N) is 4. The number of amides is 2. The number of hydrogen-bond donors (Lipinski definition) is 1. The molecule has 0 aromatic carbocycles. The van der Waals surface area contributed by atoms with E-state index in [2.05, 4.69) is 29.2 Å². The smallest absolute Gasteiger partial charge is 0.228 e. The van der Waals surface area contributed by atoms with Gasteiger partial charge < -0.3 is 15.0 Å². The predicted molar refractivity (Wildman–Crippen MR) is 113 cm³/mol. The quantitative estimate of drug-likeness (QED) is 0.803. The Kier molecular flexibility index (Phi) is 5.55. The second-order valence-electron chi connectivity index (χ2n) is 8.76. The summed E-state index contributed by atoms with van der Waals surface area (Å²) < 4.78 is 7.65. The van der Waals surface area contributed by atoms with Crippen molar-refractivity contribution in [2.75, 3.05) is 25.0 Å². The minimum Gasteiger partial charge on any atom is -0.374 e. The minimum absolute atomic E-state index is 0.00963. The molecule has 1 N–H and O–H groups in total. The molecule has 0 saturated carbocycles. The van der Waals surface area contributed by atoms with E-state index in [1.807, 2.05) is 10.9 Å². The third-order valence-corrected chi connectivity index (χ3v) is 5.88. The minimum atomic E-state index is -0.324. The molecule has 0 aliphatic carbocycles. The Bertz CT molecular complexity index is 987. The van der Waals surface area contributed by atoms with Crippen LogP contribution in [0.2, 0.25) is 5.02 Å². The number of pyridine rings is 1. The number of morpholine rings is 1. The van der Waals surface area contributed by atoms with Gasteiger partial charge in [-0.2, -0.15) is 5.10 Å². The SMILES string of the molecule is CC(=O)N1CCO[C@@H](CC(=O)Nc2cc(-c3cnn4c3CC(C)(C)C4)c(Cl)cn2)C1. The summed E-state index contributed by atoms with van der Waals surface area (Å²) in [6, 6.07) is 1.78. The van der Waals surface area contributed by atoms with Crippen molar-refractivity contribution in [3.8, 4) is 11.1 Å². The summed E-state index contributed by atoms with van der Waals surface area (Å²) in [4.78, 5) is 30.0. The second-order valence-corrected chi connectivity index (χ2v) is 9.17. The van der Waals surface area contributed by atoms with Crippen LogP contribution in [0.25, 0.3) is 11.1 Å². The average molecular weight is 432 g/mol. The van der Waals surface area contributed by atoms with E-state index < -0.39 is 0 Å². The van der Waals surface area contributed by atoms with Gasteiger partial charge >= 0.3 is 0 Å². The third kappa shape index (κ3) is 4.34. The van der Waals surface area contributed by atoms with Crippen molar-refractivity contribution in [2.45, 2.75) is 46.3 Å². The molecule has 2 aliphatic heterocycles. The summed E-state index contributed by atoms with van der Waals surface area (Å²) in [7, 11) is 0. The van der Waals surface area contributed by atoms with Crippen LogP contribution in [0.3, 0.4) is 0 Å². The van der Waals surface area contributed by atoms with Gasteiger partial charge in [-0.1, -0.05) is 25.4 Å². The van der Waals surface area contributed by atoms with Gasteiger partial charge in [-0.15, -0.1) is 0 Å². The molecule has 1 atom stereocenters. The lowest BCUT2D eigenvalue weighted by Gasteiger charge is -2.31. The van der Waals surface area contributed by atoms with Crippen molar-refractivity contribution < 1.29 is 14.3 Å². The zero-order valence-electron chi connectivity index (χ0n) is 17.4. The van der Waals surface area contributed by atoms with Crippen LogP contribution < -0.4 is 5.32 Å². The summed E-state index contributed by atoms with van der Waals surface area (Å²) >= 11 is 6.43. The molecule has 2 aliphatic rings. The number of anilines is 1. The number of nitrogens with one attached hydrogen (secondary N) is 1. The highest BCUT2D eigenvalue weighted by Gasteiger charge is 2.32. The first-order valence-corrected chi connectivity index (χ1v) is 10.5. The first-order chi connectivity index (χ1) is 14.2. The van der Waals surface area contributed by atoms with E-state index in [1.54, 1.807) is 17.2 Å². The van der Waals surface area contributed by atoms with Crippen molar-refractivity contribution in [1.82, 2.24) is 19.7 Å². The Labute approximate surface area is 180 Å². The van der Waals surface area contributed by atoms with Crippen molar-refractivity contribution in [3.05, 3.63) is 29.2 Å². The zero-order chi connectivity index (χ0) is 21.5. The maximum Gasteiger partial charge on any atom is 0.228 e. The van der Waals surface area contributed by atoms with E-state index >= 15 is 0 Å². The molecule has 160 valence electrons. The van der Waals surface area contributed by atoms with Gasteiger partial charge in [0.15, 0.2) is 0 Å². The predicted octanol–water partition coefficient (Wildman–Crippen LogP) is 2.76. The summed E-state index contributed by atoms with van der Waals surface area (Å²) in [6.07, 6.45) is 4.11. The van der Waals surface area contributed by atoms with Crippen LogP contribution >= 0.6 is 11.6 Å². The molecule has 2 amide bonds. The summed E-state index contributed by atoms with van der Waals surface area (Å²) in [5.74, 6) is 0.202. The largest absolute Gasteiger partial charge is 0.374 e. The van der Waals surface area contributed by atoms with Crippen LogP contribution in [0.15, 0.2) is 18.5 Å². The van der Waals surface area contributed by atoms with Gasteiger partial charge in [-0.05, 0) is 17.9 Å². The maximum atomic E-state index is 12.5. The average Bonchev–Trinajstić information content (AvgIpc) is 3.18. The van der Waals surface area contributed by atoms with Crippen molar-refractivity contribution in [2.24, 2.45) is 5.41 Å². The fraction of sp³-hybridized carbons (Fsp3) is 0.524. The van der Waals surface area contributed by atoms with Gasteiger partial charge in [-0.3, -0.25) is 14.3 Å². The zero-order valence-corrected chi connectivity index (χ0v) is 18.2. The summed E-state index contributed by atoms with van der Waals surface area (Å²) in [5.41, 5.74) is 3.07. The Balaban J connectivity index is 1.47. The van der Waals surface area contributed by atoms with E-state index in [4.69, 9.17) is 16.3 Å². The Morgan fingerprint density at radius 2 is 2.13 bits per heavy atom. The molecule has 0 spiro atoms. The Morgan fingerprint density at radius 3 is 2.90 bits per heavy atom. The molecule has 1 fully saturated rings. The topological polar surface area (TPSA) is 89.4 Å². The van der Waals surface area contributed by atoms with Gasteiger partial charge in [-0.25, -0.2) is 4.98 Å². The lowest BCUT2D eigenvalue weighted by atomic mass is 9.89. The molecule has 0 radical (unpaired) electrons. The molecular formula is C21H26ClN5O3. The maximum absolute atomic E-state index is 12.5. The first kappa shape index (κ1) is 20.8. The number of carbonyl (C=O) groups excluding carboxylic acids is 2. The first-order valence-electron chi connectivity index (χ1n) is 10.1. The summed E-state index contributed by atoms with van der Waals surface area (Å²) in [6.45, 7) is 8.23. The molecule has 2 aromatic heterocycles.